The molecule has 0 amide bonds. The van der Waals surface area contributed by atoms with Gasteiger partial charge in [-0.05, 0) is 25.1 Å². The third-order valence-corrected chi connectivity index (χ3v) is 2.17. The van der Waals surface area contributed by atoms with E-state index in [1.165, 1.54) is 19.3 Å². The highest BCUT2D eigenvalue weighted by atomic mass is 32.1. The second-order valence-corrected chi connectivity index (χ2v) is 3.52. The predicted molar refractivity (Wildman–Crippen MR) is 55.3 cm³/mol. The normalized spacial score (nSPS) is 22.4. The second kappa shape index (κ2) is 4.40. The molecule has 0 saturated carbocycles. The Balaban J connectivity index is 2.64. The summed E-state index contributed by atoms with van der Waals surface area (Å²) >= 11 is 4.74. The molecule has 1 aliphatic heterocycles. The van der Waals surface area contributed by atoms with Crippen molar-refractivity contribution in [2.45, 2.75) is 25.7 Å². The number of amidine groups is 1. The fourth-order valence-corrected chi connectivity index (χ4v) is 1.50. The van der Waals surface area contributed by atoms with Crippen LogP contribution >= 0.6 is 12.2 Å². The lowest BCUT2D eigenvalue weighted by Crippen LogP contribution is -2.27. The Hall–Kier alpha value is -0.640. The molecule has 1 saturated heterocycles. The van der Waals surface area contributed by atoms with Gasteiger partial charge in [-0.2, -0.15) is 0 Å². The zero-order valence-electron chi connectivity index (χ0n) is 7.42. The molecule has 3 nitrogen and oxygen atoms in total. The Labute approximate surface area is 78.6 Å². The number of hydrogen-bond donors (Lipinski definition) is 1. The van der Waals surface area contributed by atoms with Gasteiger partial charge in [-0.15, -0.1) is 0 Å². The largest absolute Gasteiger partial charge is 0.374 e. The highest BCUT2D eigenvalue weighted by Gasteiger charge is 2.10. The highest BCUT2D eigenvalue weighted by molar-refractivity contribution is 7.80. The average molecular weight is 185 g/mol. The molecule has 4 heteroatoms. The van der Waals surface area contributed by atoms with Crippen LogP contribution in [-0.2, 0) is 0 Å². The molecule has 12 heavy (non-hydrogen) atoms. The van der Waals surface area contributed by atoms with Crippen molar-refractivity contribution in [3.05, 3.63) is 0 Å². The molecule has 1 aliphatic rings. The number of hydrogen-bond acceptors (Lipinski definition) is 1. The fourth-order valence-electron chi connectivity index (χ4n) is 1.40. The molecule has 1 fully saturated rings. The van der Waals surface area contributed by atoms with Crippen LogP contribution in [0.4, 0.5) is 0 Å². The van der Waals surface area contributed by atoms with E-state index in [1.54, 1.807) is 0 Å². The minimum atomic E-state index is 0.249. The van der Waals surface area contributed by atoms with Gasteiger partial charge in [0, 0.05) is 20.0 Å². The summed E-state index contributed by atoms with van der Waals surface area (Å²) in [6.45, 7) is 1.07. The molecule has 0 spiro atoms. The third-order valence-electron chi connectivity index (χ3n) is 2.07. The van der Waals surface area contributed by atoms with Crippen molar-refractivity contribution in [3.63, 3.8) is 0 Å². The van der Waals surface area contributed by atoms with Crippen molar-refractivity contribution >= 4 is 23.2 Å². The van der Waals surface area contributed by atoms with E-state index in [9.17, 15) is 0 Å². The second-order valence-electron chi connectivity index (χ2n) is 3.10. The molecule has 0 aliphatic carbocycles. The summed E-state index contributed by atoms with van der Waals surface area (Å²) in [5, 5.41) is 0.249. The number of rotatable bonds is 0. The Morgan fingerprint density at radius 2 is 2.25 bits per heavy atom. The van der Waals surface area contributed by atoms with Gasteiger partial charge in [0.2, 0.25) is 0 Å². The van der Waals surface area contributed by atoms with Gasteiger partial charge >= 0.3 is 0 Å². The van der Waals surface area contributed by atoms with E-state index in [0.29, 0.717) is 0 Å². The van der Waals surface area contributed by atoms with Crippen LogP contribution in [0.2, 0.25) is 0 Å². The quantitative estimate of drug-likeness (QED) is 0.575. The lowest BCUT2D eigenvalue weighted by Gasteiger charge is -2.17. The Kier molecular flexibility index (Phi) is 3.47. The zero-order chi connectivity index (χ0) is 8.97. The van der Waals surface area contributed by atoms with Crippen molar-refractivity contribution in [2.75, 3.05) is 13.6 Å². The number of thiocarbonyl (C=S) groups is 1. The molecule has 0 unspecified atom stereocenters. The molecule has 0 aromatic heterocycles. The monoisotopic (exact) mass is 185 g/mol. The minimum Gasteiger partial charge on any atom is -0.374 e. The zero-order valence-corrected chi connectivity index (χ0v) is 8.23. The number of nitrogens with zero attached hydrogens (tertiary/aromatic N) is 2. The van der Waals surface area contributed by atoms with Gasteiger partial charge in [0.05, 0.1) is 0 Å². The first kappa shape index (κ1) is 9.45. The molecule has 0 aromatic rings. The average Bonchev–Trinajstić information content (AvgIpc) is 2.16. The van der Waals surface area contributed by atoms with Crippen molar-refractivity contribution < 1.29 is 0 Å². The predicted octanol–water partition coefficient (Wildman–Crippen LogP) is 1.13. The molecule has 0 atom stereocenters. The third kappa shape index (κ3) is 2.77. The van der Waals surface area contributed by atoms with E-state index in [4.69, 9.17) is 18.0 Å². The number of nitrogens with two attached hydrogens (primary N) is 1. The van der Waals surface area contributed by atoms with Gasteiger partial charge < -0.3 is 10.6 Å². The number of aliphatic imine (C=N–C) groups is 1. The van der Waals surface area contributed by atoms with E-state index < -0.39 is 0 Å². The van der Waals surface area contributed by atoms with E-state index in [0.717, 1.165) is 18.8 Å². The summed E-state index contributed by atoms with van der Waals surface area (Å²) in [5.41, 5.74) is 5.35. The van der Waals surface area contributed by atoms with E-state index >= 15 is 0 Å². The van der Waals surface area contributed by atoms with Crippen molar-refractivity contribution in [2.24, 2.45) is 10.7 Å². The van der Waals surface area contributed by atoms with Gasteiger partial charge in [-0.3, -0.25) is 0 Å². The first-order valence-electron chi connectivity index (χ1n) is 4.28. The summed E-state index contributed by atoms with van der Waals surface area (Å²) in [4.78, 5) is 6.27. The summed E-state index contributed by atoms with van der Waals surface area (Å²) in [7, 11) is 2.04. The van der Waals surface area contributed by atoms with Gasteiger partial charge in [0.25, 0.3) is 0 Å². The van der Waals surface area contributed by atoms with Crippen LogP contribution in [0.3, 0.4) is 0 Å². The van der Waals surface area contributed by atoms with Crippen LogP contribution in [0.25, 0.3) is 0 Å². The topological polar surface area (TPSA) is 41.6 Å². The Morgan fingerprint density at radius 3 is 2.92 bits per heavy atom. The van der Waals surface area contributed by atoms with Crippen LogP contribution in [-0.4, -0.2) is 29.4 Å². The van der Waals surface area contributed by atoms with Gasteiger partial charge in [-0.1, -0.05) is 6.42 Å². The van der Waals surface area contributed by atoms with Crippen LogP contribution in [0.15, 0.2) is 4.99 Å². The van der Waals surface area contributed by atoms with Crippen molar-refractivity contribution in [1.29, 1.82) is 0 Å². The highest BCUT2D eigenvalue weighted by Crippen LogP contribution is 2.10. The molecular weight excluding hydrogens is 170 g/mol. The SMILES string of the molecule is CN1CCCCC/C1=N/C(N)=S. The first-order chi connectivity index (χ1) is 5.70. The van der Waals surface area contributed by atoms with Gasteiger partial charge in [0.15, 0.2) is 5.11 Å². The molecule has 0 radical (unpaired) electrons. The molecule has 1 heterocycles. The molecular formula is C8H15N3S. The maximum atomic E-state index is 5.35. The molecule has 2 N–H and O–H groups in total. The van der Waals surface area contributed by atoms with Crippen LogP contribution in [0, 0.1) is 0 Å². The molecule has 0 aromatic carbocycles. The van der Waals surface area contributed by atoms with E-state index in [2.05, 4.69) is 9.89 Å². The maximum absolute atomic E-state index is 5.35. The maximum Gasteiger partial charge on any atom is 0.191 e. The Bertz CT molecular complexity index is 200. The summed E-state index contributed by atoms with van der Waals surface area (Å²) in [6.07, 6.45) is 4.73. The standard InChI is InChI=1S/C8H15N3S/c1-11-6-4-2-3-5-7(11)10-8(9)12/h2-6H2,1H3,(H2,9,12)/b10-7-. The van der Waals surface area contributed by atoms with Crippen molar-refractivity contribution in [3.8, 4) is 0 Å². The first-order valence-corrected chi connectivity index (χ1v) is 4.69. The van der Waals surface area contributed by atoms with E-state index in [1.807, 2.05) is 7.05 Å². The van der Waals surface area contributed by atoms with Crippen LogP contribution in [0.5, 0.6) is 0 Å². The van der Waals surface area contributed by atoms with Gasteiger partial charge in [0.1, 0.15) is 5.84 Å². The van der Waals surface area contributed by atoms with Crippen LogP contribution in [0.1, 0.15) is 25.7 Å². The van der Waals surface area contributed by atoms with Crippen molar-refractivity contribution in [1.82, 2.24) is 4.90 Å². The lowest BCUT2D eigenvalue weighted by atomic mass is 10.2. The fraction of sp³-hybridized carbons (Fsp3) is 0.750. The van der Waals surface area contributed by atoms with Gasteiger partial charge in [-0.25, -0.2) is 4.99 Å². The van der Waals surface area contributed by atoms with Crippen LogP contribution < -0.4 is 5.73 Å². The van der Waals surface area contributed by atoms with E-state index in [-0.39, 0.29) is 5.11 Å². The Morgan fingerprint density at radius 1 is 1.50 bits per heavy atom. The molecule has 1 rings (SSSR count). The molecule has 68 valence electrons. The minimum absolute atomic E-state index is 0.249. The molecule has 0 bridgehead atoms. The smallest absolute Gasteiger partial charge is 0.191 e. The number of likely N-dealkylation sites (tertiary alicyclic amines) is 1. The summed E-state index contributed by atoms with van der Waals surface area (Å²) in [5.74, 6) is 1.04. The summed E-state index contributed by atoms with van der Waals surface area (Å²) in [6, 6.07) is 0. The summed E-state index contributed by atoms with van der Waals surface area (Å²) < 4.78 is 0. The lowest BCUT2D eigenvalue weighted by molar-refractivity contribution is 0.495.